The average molecular weight is 325 g/mol. The number of hydrogen-bond donors (Lipinski definition) is 1. The van der Waals surface area contributed by atoms with Crippen molar-refractivity contribution in [3.8, 4) is 0 Å². The molecule has 1 aliphatic rings. The molecule has 0 spiro atoms. The summed E-state index contributed by atoms with van der Waals surface area (Å²) in [5, 5.41) is 3.52. The Balaban J connectivity index is 2.24. The monoisotopic (exact) mass is 324 g/mol. The number of halogens is 1. The molecular formula is C16H25BrN2. The molecule has 1 aromatic carbocycles. The van der Waals surface area contributed by atoms with Crippen LogP contribution in [0.4, 0.5) is 5.69 Å². The lowest BCUT2D eigenvalue weighted by molar-refractivity contribution is 0.516. The van der Waals surface area contributed by atoms with Crippen LogP contribution in [0.3, 0.4) is 0 Å². The Morgan fingerprint density at radius 1 is 1.37 bits per heavy atom. The maximum Gasteiger partial charge on any atom is 0.0427 e. The summed E-state index contributed by atoms with van der Waals surface area (Å²) in [4.78, 5) is 2.57. The second-order valence-corrected chi connectivity index (χ2v) is 6.93. The number of hydrogen-bond acceptors (Lipinski definition) is 2. The molecule has 0 radical (unpaired) electrons. The molecule has 1 N–H and O–H groups in total. The molecule has 1 saturated heterocycles. The van der Waals surface area contributed by atoms with Crippen LogP contribution in [0.2, 0.25) is 0 Å². The maximum absolute atomic E-state index is 3.62. The maximum atomic E-state index is 3.62. The van der Waals surface area contributed by atoms with E-state index in [0.717, 1.165) is 13.1 Å². The predicted octanol–water partition coefficient (Wildman–Crippen LogP) is 4.33. The summed E-state index contributed by atoms with van der Waals surface area (Å²) in [6.45, 7) is 10.1. The molecule has 1 heterocycles. The van der Waals surface area contributed by atoms with Crippen molar-refractivity contribution in [3.05, 3.63) is 28.2 Å². The molecule has 0 amide bonds. The molecule has 1 aliphatic heterocycles. The van der Waals surface area contributed by atoms with Gasteiger partial charge in [-0.05, 0) is 57.4 Å². The van der Waals surface area contributed by atoms with Gasteiger partial charge < -0.3 is 10.2 Å². The molecule has 3 heteroatoms. The number of rotatable bonds is 5. The highest BCUT2D eigenvalue weighted by atomic mass is 79.9. The van der Waals surface area contributed by atoms with Crippen LogP contribution in [0, 0.1) is 0 Å². The van der Waals surface area contributed by atoms with E-state index in [1.54, 1.807) is 0 Å². The first-order valence-electron chi connectivity index (χ1n) is 7.31. The van der Waals surface area contributed by atoms with E-state index in [0.29, 0.717) is 0 Å². The Kier molecular flexibility index (Phi) is 4.91. The fourth-order valence-corrected chi connectivity index (χ4v) is 3.24. The summed E-state index contributed by atoms with van der Waals surface area (Å²) >= 11 is 3.62. The van der Waals surface area contributed by atoms with Gasteiger partial charge in [-0.2, -0.15) is 0 Å². The van der Waals surface area contributed by atoms with E-state index in [2.05, 4.69) is 65.1 Å². The van der Waals surface area contributed by atoms with Gasteiger partial charge in [0.1, 0.15) is 0 Å². The van der Waals surface area contributed by atoms with Crippen LogP contribution in [-0.4, -0.2) is 18.6 Å². The molecule has 0 atom stereocenters. The van der Waals surface area contributed by atoms with Crippen molar-refractivity contribution in [1.29, 1.82) is 0 Å². The summed E-state index contributed by atoms with van der Waals surface area (Å²) in [6, 6.07) is 6.67. The molecule has 19 heavy (non-hydrogen) atoms. The van der Waals surface area contributed by atoms with E-state index in [-0.39, 0.29) is 5.54 Å². The number of nitrogens with zero attached hydrogens (tertiary/aromatic N) is 1. The van der Waals surface area contributed by atoms with Gasteiger partial charge in [0.25, 0.3) is 0 Å². The third-order valence-corrected chi connectivity index (χ3v) is 4.47. The van der Waals surface area contributed by atoms with Crippen molar-refractivity contribution in [3.63, 3.8) is 0 Å². The summed E-state index contributed by atoms with van der Waals surface area (Å²) < 4.78 is 1.17. The fourth-order valence-electron chi connectivity index (χ4n) is 2.89. The van der Waals surface area contributed by atoms with E-state index in [1.165, 1.54) is 41.5 Å². The molecule has 1 aromatic rings. The van der Waals surface area contributed by atoms with Crippen LogP contribution in [0.5, 0.6) is 0 Å². The van der Waals surface area contributed by atoms with Gasteiger partial charge in [0, 0.05) is 28.8 Å². The van der Waals surface area contributed by atoms with Gasteiger partial charge in [0.15, 0.2) is 0 Å². The van der Waals surface area contributed by atoms with E-state index in [9.17, 15) is 0 Å². The van der Waals surface area contributed by atoms with E-state index in [4.69, 9.17) is 0 Å². The summed E-state index contributed by atoms with van der Waals surface area (Å²) in [5.41, 5.74) is 3.08. The molecule has 0 bridgehead atoms. The van der Waals surface area contributed by atoms with Gasteiger partial charge in [-0.15, -0.1) is 0 Å². The van der Waals surface area contributed by atoms with Gasteiger partial charge in [-0.25, -0.2) is 0 Å². The smallest absolute Gasteiger partial charge is 0.0427 e. The number of benzene rings is 1. The SMILES string of the molecule is CCCNCc1ccc(Br)cc1N1CCCC1(C)C. The van der Waals surface area contributed by atoms with Crippen LogP contribution < -0.4 is 10.2 Å². The van der Waals surface area contributed by atoms with E-state index < -0.39 is 0 Å². The zero-order valence-electron chi connectivity index (χ0n) is 12.3. The largest absolute Gasteiger partial charge is 0.366 e. The van der Waals surface area contributed by atoms with Crippen molar-refractivity contribution in [2.45, 2.75) is 52.1 Å². The number of nitrogens with one attached hydrogen (secondary N) is 1. The molecule has 0 aromatic heterocycles. The van der Waals surface area contributed by atoms with Crippen LogP contribution >= 0.6 is 15.9 Å². The second-order valence-electron chi connectivity index (χ2n) is 6.02. The van der Waals surface area contributed by atoms with Crippen molar-refractivity contribution in [2.24, 2.45) is 0 Å². The lowest BCUT2D eigenvalue weighted by atomic mass is 10.0. The predicted molar refractivity (Wildman–Crippen MR) is 86.8 cm³/mol. The molecule has 2 nitrogen and oxygen atoms in total. The Morgan fingerprint density at radius 3 is 2.79 bits per heavy atom. The van der Waals surface area contributed by atoms with Gasteiger partial charge in [0.05, 0.1) is 0 Å². The first-order valence-corrected chi connectivity index (χ1v) is 8.10. The first kappa shape index (κ1) is 14.9. The van der Waals surface area contributed by atoms with E-state index >= 15 is 0 Å². The molecule has 0 aliphatic carbocycles. The Hall–Kier alpha value is -0.540. The minimum atomic E-state index is 0.278. The van der Waals surface area contributed by atoms with Crippen molar-refractivity contribution in [2.75, 3.05) is 18.0 Å². The third kappa shape index (κ3) is 3.51. The van der Waals surface area contributed by atoms with Crippen molar-refractivity contribution < 1.29 is 0 Å². The minimum absolute atomic E-state index is 0.278. The fraction of sp³-hybridized carbons (Fsp3) is 0.625. The highest BCUT2D eigenvalue weighted by Gasteiger charge is 2.33. The molecule has 1 fully saturated rings. The normalized spacial score (nSPS) is 18.0. The van der Waals surface area contributed by atoms with Crippen LogP contribution in [0.15, 0.2) is 22.7 Å². The van der Waals surface area contributed by atoms with E-state index in [1.807, 2.05) is 0 Å². The molecule has 106 valence electrons. The number of anilines is 1. The Bertz CT molecular complexity index is 429. The highest BCUT2D eigenvalue weighted by Crippen LogP contribution is 2.36. The topological polar surface area (TPSA) is 15.3 Å². The zero-order chi connectivity index (χ0) is 13.9. The Labute approximate surface area is 125 Å². The van der Waals surface area contributed by atoms with Gasteiger partial charge in [-0.1, -0.05) is 28.9 Å². The lowest BCUT2D eigenvalue weighted by Crippen LogP contribution is -2.39. The second kappa shape index (κ2) is 6.27. The van der Waals surface area contributed by atoms with Gasteiger partial charge in [0.2, 0.25) is 0 Å². The standard InChI is InChI=1S/C16H25BrN2/c1-4-9-18-12-13-6-7-14(17)11-15(13)19-10-5-8-16(19,2)3/h6-7,11,18H,4-5,8-10,12H2,1-3H3. The van der Waals surface area contributed by atoms with Crippen LogP contribution in [-0.2, 0) is 6.54 Å². The zero-order valence-corrected chi connectivity index (χ0v) is 13.9. The summed E-state index contributed by atoms with van der Waals surface area (Å²) in [5.74, 6) is 0. The summed E-state index contributed by atoms with van der Waals surface area (Å²) in [7, 11) is 0. The lowest BCUT2D eigenvalue weighted by Gasteiger charge is -2.35. The average Bonchev–Trinajstić information content (AvgIpc) is 2.71. The van der Waals surface area contributed by atoms with Crippen molar-refractivity contribution in [1.82, 2.24) is 5.32 Å². The molecule has 0 unspecified atom stereocenters. The van der Waals surface area contributed by atoms with Crippen LogP contribution in [0.1, 0.15) is 45.6 Å². The quantitative estimate of drug-likeness (QED) is 0.811. The highest BCUT2D eigenvalue weighted by molar-refractivity contribution is 9.10. The van der Waals surface area contributed by atoms with Gasteiger partial charge >= 0.3 is 0 Å². The van der Waals surface area contributed by atoms with Crippen LogP contribution in [0.25, 0.3) is 0 Å². The molecule has 0 saturated carbocycles. The van der Waals surface area contributed by atoms with Gasteiger partial charge in [-0.3, -0.25) is 0 Å². The molecular weight excluding hydrogens is 300 g/mol. The first-order chi connectivity index (χ1) is 9.04. The Morgan fingerprint density at radius 2 is 2.16 bits per heavy atom. The van der Waals surface area contributed by atoms with Crippen molar-refractivity contribution >= 4 is 21.6 Å². The molecule has 2 rings (SSSR count). The summed E-state index contributed by atoms with van der Waals surface area (Å²) in [6.07, 6.45) is 3.75. The third-order valence-electron chi connectivity index (χ3n) is 3.98. The minimum Gasteiger partial charge on any atom is -0.366 e.